The van der Waals surface area contributed by atoms with Crippen LogP contribution in [0.25, 0.3) is 0 Å². The molecule has 2 aromatic carbocycles. The number of hydrogen-bond acceptors (Lipinski definition) is 6. The van der Waals surface area contributed by atoms with Gasteiger partial charge in [0, 0.05) is 36.3 Å². The third kappa shape index (κ3) is 7.59. The van der Waals surface area contributed by atoms with Gasteiger partial charge in [0.15, 0.2) is 0 Å². The van der Waals surface area contributed by atoms with Crippen molar-refractivity contribution < 1.29 is 26.4 Å². The summed E-state index contributed by atoms with van der Waals surface area (Å²) in [4.78, 5) is 22.8. The van der Waals surface area contributed by atoms with Crippen LogP contribution in [0.4, 0.5) is 11.4 Å². The lowest BCUT2D eigenvalue weighted by molar-refractivity contribution is -0.115. The van der Waals surface area contributed by atoms with Gasteiger partial charge in [0.2, 0.25) is 31.9 Å². The van der Waals surface area contributed by atoms with E-state index >= 15 is 0 Å². The van der Waals surface area contributed by atoms with E-state index in [-0.39, 0.29) is 54.3 Å². The van der Waals surface area contributed by atoms with Crippen molar-refractivity contribution in [1.82, 2.24) is 9.44 Å². The molecule has 8 atom stereocenters. The number of rotatable bonds is 8. The molecule has 0 heterocycles. The fourth-order valence-electron chi connectivity index (χ4n) is 13.7. The molecule has 0 aliphatic heterocycles. The van der Waals surface area contributed by atoms with E-state index < -0.39 is 20.0 Å². The molecule has 10 nitrogen and oxygen atoms in total. The van der Waals surface area contributed by atoms with E-state index in [0.717, 1.165) is 38.5 Å². The Morgan fingerprint density at radius 3 is 1.04 bits per heavy atom. The van der Waals surface area contributed by atoms with Crippen LogP contribution in [0.2, 0.25) is 0 Å². The lowest BCUT2D eigenvalue weighted by Gasteiger charge is -2.65. The van der Waals surface area contributed by atoms with Crippen molar-refractivity contribution >= 4 is 43.2 Å². The number of benzene rings is 2. The first-order chi connectivity index (χ1) is 24.0. The fraction of sp³-hybridized carbons (Fsp3) is 0.650. The topological polar surface area (TPSA) is 151 Å². The second-order valence-electron chi connectivity index (χ2n) is 19.4. The molecule has 2 aromatic rings. The Bertz CT molecular complexity index is 1800. The normalized spacial score (nSPS) is 38.3. The van der Waals surface area contributed by atoms with Crippen LogP contribution in [0, 0.1) is 33.5 Å². The number of carbonyl (C=O) groups is 2. The summed E-state index contributed by atoms with van der Waals surface area (Å²) in [5.41, 5.74) is 1.61. The Labute approximate surface area is 310 Å². The molecule has 8 saturated carbocycles. The molecule has 8 bridgehead atoms. The van der Waals surface area contributed by atoms with E-state index in [1.807, 2.05) is 0 Å². The quantitative estimate of drug-likeness (QED) is 0.222. The molecule has 52 heavy (non-hydrogen) atoms. The highest BCUT2D eigenvalue weighted by Gasteiger charge is 2.62. The van der Waals surface area contributed by atoms with Gasteiger partial charge in [-0.1, -0.05) is 27.7 Å². The van der Waals surface area contributed by atoms with Gasteiger partial charge in [-0.2, -0.15) is 0 Å². The Hall–Kier alpha value is -2.80. The zero-order chi connectivity index (χ0) is 37.6. The number of hydrogen-bond donors (Lipinski definition) is 4. The molecule has 2 amide bonds. The van der Waals surface area contributed by atoms with Crippen LogP contribution in [0.5, 0.6) is 0 Å². The number of nitrogens with one attached hydrogen (secondary N) is 4. The summed E-state index contributed by atoms with van der Waals surface area (Å²) in [5.74, 6) is 0.916. The van der Waals surface area contributed by atoms with Crippen LogP contribution in [0.1, 0.15) is 119 Å². The van der Waals surface area contributed by atoms with E-state index in [2.05, 4.69) is 47.8 Å². The summed E-state index contributed by atoms with van der Waals surface area (Å²) in [5, 5.41) is 5.33. The molecule has 12 heteroatoms. The van der Waals surface area contributed by atoms with Gasteiger partial charge in [-0.05, 0) is 159 Å². The van der Waals surface area contributed by atoms with Gasteiger partial charge in [0.05, 0.1) is 9.79 Å². The molecule has 0 aromatic heterocycles. The Morgan fingerprint density at radius 2 is 0.788 bits per heavy atom. The summed E-state index contributed by atoms with van der Waals surface area (Å²) in [7, 11) is -7.17. The van der Waals surface area contributed by atoms with E-state index in [9.17, 15) is 26.4 Å². The Morgan fingerprint density at radius 1 is 0.500 bits per heavy atom. The first-order valence-corrected chi connectivity index (χ1v) is 21.8. The third-order valence-corrected chi connectivity index (χ3v) is 16.1. The van der Waals surface area contributed by atoms with Crippen molar-refractivity contribution in [1.29, 1.82) is 0 Å². The summed E-state index contributed by atoms with van der Waals surface area (Å²) in [6, 6.07) is 12.8. The van der Waals surface area contributed by atoms with Gasteiger partial charge >= 0.3 is 0 Å². The maximum absolute atomic E-state index is 13.1. The average molecular weight is 753 g/mol. The monoisotopic (exact) mass is 752 g/mol. The van der Waals surface area contributed by atoms with Crippen molar-refractivity contribution in [3.63, 3.8) is 0 Å². The van der Waals surface area contributed by atoms with Crippen LogP contribution < -0.4 is 20.1 Å². The van der Waals surface area contributed by atoms with Gasteiger partial charge < -0.3 is 10.6 Å². The number of sulfonamides is 2. The highest BCUT2D eigenvalue weighted by atomic mass is 32.2. The van der Waals surface area contributed by atoms with Gasteiger partial charge in [-0.3, -0.25) is 9.59 Å². The maximum Gasteiger partial charge on any atom is 0.241 e. The molecule has 10 rings (SSSR count). The van der Waals surface area contributed by atoms with Crippen LogP contribution >= 0.6 is 0 Å². The summed E-state index contributed by atoms with van der Waals surface area (Å²) in [6.45, 7) is 12.2. The van der Waals surface area contributed by atoms with Gasteiger partial charge in [-0.25, -0.2) is 26.3 Å². The zero-order valence-electron chi connectivity index (χ0n) is 31.5. The first kappa shape index (κ1) is 37.5. The Balaban J connectivity index is 0.000000162. The standard InChI is InChI=1S/2C20H28N2O3S/c2*1-14(23)21-16-4-6-17(7-5-16)26(24,25)22-20-10-15-8-18(2,12-20)11-19(3,9-15)13-20/h2*4-7,15,22H,8-13H2,1-3H3,(H,21,23)/t2*15?,18-,19+,20?. The second-order valence-corrected chi connectivity index (χ2v) is 22.8. The second kappa shape index (κ2) is 12.4. The molecular weight excluding hydrogens is 697 g/mol. The van der Waals surface area contributed by atoms with Gasteiger partial charge in [0.1, 0.15) is 0 Å². The van der Waals surface area contributed by atoms with Crippen LogP contribution in [0.15, 0.2) is 58.3 Å². The van der Waals surface area contributed by atoms with E-state index in [4.69, 9.17) is 0 Å². The SMILES string of the molecule is CC(=O)Nc1ccc(S(=O)(=O)NC23CC4C[C@@](C)(C2)C[C@](C)(C4)C3)cc1.CC(=O)Nc1ccc(S(=O)(=O)NC23CC4C[C@@](C)(C2)C[C@](C)(C4)C3)cc1. The minimum Gasteiger partial charge on any atom is -0.326 e. The zero-order valence-corrected chi connectivity index (χ0v) is 33.2. The van der Waals surface area contributed by atoms with E-state index in [0.29, 0.717) is 23.2 Å². The smallest absolute Gasteiger partial charge is 0.241 e. The number of anilines is 2. The van der Waals surface area contributed by atoms with E-state index in [1.165, 1.54) is 52.4 Å². The minimum absolute atomic E-state index is 0.172. The van der Waals surface area contributed by atoms with Gasteiger partial charge in [-0.15, -0.1) is 0 Å². The number of carbonyl (C=O) groups excluding carboxylic acids is 2. The summed E-state index contributed by atoms with van der Waals surface area (Å²) in [6.07, 6.45) is 13.0. The van der Waals surface area contributed by atoms with Crippen molar-refractivity contribution in [3.05, 3.63) is 48.5 Å². The van der Waals surface area contributed by atoms with Crippen molar-refractivity contribution in [2.24, 2.45) is 33.5 Å². The predicted molar refractivity (Wildman–Crippen MR) is 202 cm³/mol. The van der Waals surface area contributed by atoms with Crippen LogP contribution in [0.3, 0.4) is 0 Å². The molecule has 284 valence electrons. The lowest BCUT2D eigenvalue weighted by Crippen LogP contribution is -2.65. The van der Waals surface area contributed by atoms with Crippen LogP contribution in [-0.2, 0) is 29.6 Å². The molecular formula is C40H56N4O6S2. The van der Waals surface area contributed by atoms with E-state index in [1.54, 1.807) is 48.5 Å². The highest BCUT2D eigenvalue weighted by Crippen LogP contribution is 2.67. The Kier molecular flexibility index (Phi) is 8.92. The van der Waals surface area contributed by atoms with Gasteiger partial charge in [0.25, 0.3) is 0 Å². The predicted octanol–water partition coefficient (Wildman–Crippen LogP) is 7.34. The third-order valence-electron chi connectivity index (χ3n) is 12.9. The highest BCUT2D eigenvalue weighted by molar-refractivity contribution is 7.89. The summed E-state index contributed by atoms with van der Waals surface area (Å²) >= 11 is 0. The largest absolute Gasteiger partial charge is 0.326 e. The molecule has 0 radical (unpaired) electrons. The molecule has 0 saturated heterocycles. The minimum atomic E-state index is -3.58. The first-order valence-electron chi connectivity index (χ1n) is 18.8. The van der Waals surface area contributed by atoms with Crippen molar-refractivity contribution in [2.45, 2.75) is 139 Å². The molecule has 8 aliphatic rings. The average Bonchev–Trinajstić information content (AvgIpc) is 2.92. The molecule has 8 fully saturated rings. The molecule has 4 unspecified atom stereocenters. The maximum atomic E-state index is 13.1. The number of amides is 2. The summed E-state index contributed by atoms with van der Waals surface area (Å²) < 4.78 is 58.5. The van der Waals surface area contributed by atoms with Crippen LogP contribution in [-0.4, -0.2) is 39.7 Å². The van der Waals surface area contributed by atoms with Crippen molar-refractivity contribution in [3.8, 4) is 0 Å². The fourth-order valence-corrected chi connectivity index (χ4v) is 16.5. The molecule has 0 spiro atoms. The van der Waals surface area contributed by atoms with Crippen molar-refractivity contribution in [2.75, 3.05) is 10.6 Å². The molecule has 4 N–H and O–H groups in total. The lowest BCUT2D eigenvalue weighted by atomic mass is 9.43. The molecule has 8 aliphatic carbocycles.